The van der Waals surface area contributed by atoms with E-state index in [1.165, 1.54) is 12.1 Å². The van der Waals surface area contributed by atoms with E-state index in [2.05, 4.69) is 11.4 Å². The molecule has 1 aromatic carbocycles. The fourth-order valence-electron chi connectivity index (χ4n) is 1.41. The van der Waals surface area contributed by atoms with Crippen LogP contribution < -0.4 is 5.32 Å². The van der Waals surface area contributed by atoms with E-state index in [-0.39, 0.29) is 11.9 Å². The van der Waals surface area contributed by atoms with Crippen molar-refractivity contribution < 1.29 is 4.39 Å². The van der Waals surface area contributed by atoms with Crippen molar-refractivity contribution >= 4 is 0 Å². The smallest absolute Gasteiger partial charge is 0.123 e. The molecule has 0 saturated heterocycles. The Morgan fingerprint density at radius 1 is 1.53 bits per heavy atom. The van der Waals surface area contributed by atoms with E-state index in [4.69, 9.17) is 5.26 Å². The van der Waals surface area contributed by atoms with Crippen LogP contribution in [0.25, 0.3) is 0 Å². The first kappa shape index (κ1) is 11.7. The molecule has 0 fully saturated rings. The van der Waals surface area contributed by atoms with Crippen LogP contribution in [0.5, 0.6) is 0 Å². The Morgan fingerprint density at radius 3 is 2.87 bits per heavy atom. The lowest BCUT2D eigenvalue weighted by Gasteiger charge is -2.08. The van der Waals surface area contributed by atoms with Crippen LogP contribution in [0.3, 0.4) is 0 Å². The number of hydrogen-bond acceptors (Lipinski definition) is 2. The molecule has 0 aliphatic carbocycles. The molecule has 0 radical (unpaired) electrons. The normalized spacial score (nSPS) is 12.1. The van der Waals surface area contributed by atoms with Gasteiger partial charge in [0.15, 0.2) is 0 Å². The summed E-state index contributed by atoms with van der Waals surface area (Å²) in [5, 5.41) is 11.6. The molecule has 1 rings (SSSR count). The Balaban J connectivity index is 2.48. The highest BCUT2D eigenvalue weighted by molar-refractivity contribution is 5.26. The van der Waals surface area contributed by atoms with Crippen molar-refractivity contribution in [3.63, 3.8) is 0 Å². The van der Waals surface area contributed by atoms with Gasteiger partial charge >= 0.3 is 0 Å². The molecule has 0 amide bonds. The SMILES string of the molecule is Cc1cc(F)ccc1CCNC(C)C#N. The molecule has 15 heavy (non-hydrogen) atoms. The summed E-state index contributed by atoms with van der Waals surface area (Å²) in [6.45, 7) is 4.45. The molecule has 2 nitrogen and oxygen atoms in total. The minimum atomic E-state index is -0.199. The van der Waals surface area contributed by atoms with Crippen molar-refractivity contribution in [3.8, 4) is 6.07 Å². The second-order valence-corrected chi connectivity index (χ2v) is 3.63. The highest BCUT2D eigenvalue weighted by Gasteiger charge is 2.01. The van der Waals surface area contributed by atoms with E-state index in [1.807, 2.05) is 13.8 Å². The van der Waals surface area contributed by atoms with Crippen LogP contribution in [0.15, 0.2) is 18.2 Å². The predicted molar refractivity (Wildman–Crippen MR) is 57.9 cm³/mol. The molecular weight excluding hydrogens is 191 g/mol. The summed E-state index contributed by atoms with van der Waals surface area (Å²) < 4.78 is 12.8. The number of aryl methyl sites for hydroxylation is 1. The molecule has 0 saturated carbocycles. The molecular formula is C12H15FN2. The maximum absolute atomic E-state index is 12.8. The summed E-state index contributed by atoms with van der Waals surface area (Å²) in [7, 11) is 0. The predicted octanol–water partition coefficient (Wildman–Crippen LogP) is 2.18. The zero-order valence-electron chi connectivity index (χ0n) is 9.05. The third-order valence-electron chi connectivity index (χ3n) is 2.34. The van der Waals surface area contributed by atoms with Gasteiger partial charge in [0.05, 0.1) is 12.1 Å². The van der Waals surface area contributed by atoms with Crippen molar-refractivity contribution in [1.82, 2.24) is 5.32 Å². The Labute approximate surface area is 89.7 Å². The molecule has 1 atom stereocenters. The van der Waals surface area contributed by atoms with E-state index in [0.29, 0.717) is 0 Å². The van der Waals surface area contributed by atoms with Gasteiger partial charge in [0, 0.05) is 6.54 Å². The summed E-state index contributed by atoms with van der Waals surface area (Å²) in [6, 6.07) is 6.76. The van der Waals surface area contributed by atoms with Gasteiger partial charge in [-0.15, -0.1) is 0 Å². The van der Waals surface area contributed by atoms with E-state index in [1.54, 1.807) is 6.07 Å². The van der Waals surface area contributed by atoms with Gasteiger partial charge in [-0.3, -0.25) is 0 Å². The second kappa shape index (κ2) is 5.47. The van der Waals surface area contributed by atoms with Crippen LogP contribution in [-0.4, -0.2) is 12.6 Å². The zero-order chi connectivity index (χ0) is 11.3. The summed E-state index contributed by atoms with van der Waals surface area (Å²) in [6.07, 6.45) is 0.818. The molecule has 0 heterocycles. The van der Waals surface area contributed by atoms with Crippen molar-refractivity contribution in [1.29, 1.82) is 5.26 Å². The molecule has 0 aromatic heterocycles. The van der Waals surface area contributed by atoms with Crippen molar-refractivity contribution in [2.45, 2.75) is 26.3 Å². The quantitative estimate of drug-likeness (QED) is 0.819. The molecule has 3 heteroatoms. The summed E-state index contributed by atoms with van der Waals surface area (Å²) in [5.74, 6) is -0.199. The van der Waals surface area contributed by atoms with Gasteiger partial charge in [0.2, 0.25) is 0 Å². The van der Waals surface area contributed by atoms with Crippen LogP contribution in [0.4, 0.5) is 4.39 Å². The largest absolute Gasteiger partial charge is 0.302 e. The zero-order valence-corrected chi connectivity index (χ0v) is 9.05. The summed E-state index contributed by atoms with van der Waals surface area (Å²) in [5.41, 5.74) is 2.08. The first-order valence-electron chi connectivity index (χ1n) is 5.01. The topological polar surface area (TPSA) is 35.8 Å². The molecule has 1 aromatic rings. The van der Waals surface area contributed by atoms with Crippen molar-refractivity contribution in [3.05, 3.63) is 35.1 Å². The Kier molecular flexibility index (Phi) is 4.26. The van der Waals surface area contributed by atoms with Gasteiger partial charge in [-0.2, -0.15) is 5.26 Å². The van der Waals surface area contributed by atoms with E-state index < -0.39 is 0 Å². The van der Waals surface area contributed by atoms with Crippen LogP contribution in [0.2, 0.25) is 0 Å². The standard InChI is InChI=1S/C12H15FN2/c1-9-7-12(13)4-3-11(9)5-6-15-10(2)8-14/h3-4,7,10,15H,5-6H2,1-2H3. The number of nitrogens with zero attached hydrogens (tertiary/aromatic N) is 1. The highest BCUT2D eigenvalue weighted by Crippen LogP contribution is 2.10. The van der Waals surface area contributed by atoms with E-state index in [9.17, 15) is 4.39 Å². The third kappa shape index (κ3) is 3.69. The molecule has 0 aliphatic heterocycles. The van der Waals surface area contributed by atoms with E-state index in [0.717, 1.165) is 24.1 Å². The van der Waals surface area contributed by atoms with Gasteiger partial charge in [-0.1, -0.05) is 6.07 Å². The lowest BCUT2D eigenvalue weighted by molar-refractivity contribution is 0.621. The second-order valence-electron chi connectivity index (χ2n) is 3.63. The van der Waals surface area contributed by atoms with Crippen LogP contribution in [-0.2, 0) is 6.42 Å². The average Bonchev–Trinajstić information content (AvgIpc) is 2.21. The maximum atomic E-state index is 12.8. The molecule has 0 spiro atoms. The van der Waals surface area contributed by atoms with Gasteiger partial charge in [0.1, 0.15) is 5.82 Å². The maximum Gasteiger partial charge on any atom is 0.123 e. The number of rotatable bonds is 4. The summed E-state index contributed by atoms with van der Waals surface area (Å²) in [4.78, 5) is 0. The van der Waals surface area contributed by atoms with Gasteiger partial charge < -0.3 is 5.32 Å². The number of halogens is 1. The van der Waals surface area contributed by atoms with Gasteiger partial charge in [-0.25, -0.2) is 4.39 Å². The third-order valence-corrected chi connectivity index (χ3v) is 2.34. The minimum Gasteiger partial charge on any atom is -0.302 e. The monoisotopic (exact) mass is 206 g/mol. The molecule has 0 bridgehead atoms. The lowest BCUT2D eigenvalue weighted by atomic mass is 10.1. The number of hydrogen-bond donors (Lipinski definition) is 1. The molecule has 80 valence electrons. The number of nitriles is 1. The van der Waals surface area contributed by atoms with Crippen molar-refractivity contribution in [2.75, 3.05) is 6.54 Å². The fourth-order valence-corrected chi connectivity index (χ4v) is 1.41. The molecule has 1 N–H and O–H groups in total. The number of nitrogens with one attached hydrogen (secondary N) is 1. The average molecular weight is 206 g/mol. The Bertz CT molecular complexity index is 368. The highest BCUT2D eigenvalue weighted by atomic mass is 19.1. The van der Waals surface area contributed by atoms with Crippen LogP contribution in [0.1, 0.15) is 18.1 Å². The Morgan fingerprint density at radius 2 is 2.27 bits per heavy atom. The van der Waals surface area contributed by atoms with Crippen LogP contribution >= 0.6 is 0 Å². The molecule has 1 unspecified atom stereocenters. The first-order valence-corrected chi connectivity index (χ1v) is 5.01. The first-order chi connectivity index (χ1) is 7.13. The molecule has 0 aliphatic rings. The number of benzene rings is 1. The summed E-state index contributed by atoms with van der Waals surface area (Å²) >= 11 is 0. The lowest BCUT2D eigenvalue weighted by Crippen LogP contribution is -2.26. The Hall–Kier alpha value is -1.40. The van der Waals surface area contributed by atoms with Crippen molar-refractivity contribution in [2.24, 2.45) is 0 Å². The van der Waals surface area contributed by atoms with Gasteiger partial charge in [-0.05, 0) is 43.5 Å². The van der Waals surface area contributed by atoms with Gasteiger partial charge in [0.25, 0.3) is 0 Å². The fraction of sp³-hybridized carbons (Fsp3) is 0.417. The van der Waals surface area contributed by atoms with Crippen LogP contribution in [0, 0.1) is 24.1 Å². The minimum absolute atomic E-state index is 0.134. The van der Waals surface area contributed by atoms with E-state index >= 15 is 0 Å².